The van der Waals surface area contributed by atoms with Gasteiger partial charge >= 0.3 is 0 Å². The number of benzene rings is 2. The Morgan fingerprint density at radius 3 is 2.62 bits per heavy atom. The molecule has 0 aromatic heterocycles. The number of hydrogen-bond acceptors (Lipinski definition) is 2. The fourth-order valence-corrected chi connectivity index (χ4v) is 2.12. The third-order valence-electron chi connectivity index (χ3n) is 3.05. The third-order valence-corrected chi connectivity index (χ3v) is 3.05. The fourth-order valence-electron chi connectivity index (χ4n) is 2.12. The maximum absolute atomic E-state index is 13.8. The lowest BCUT2D eigenvalue weighted by atomic mass is 10.1. The molecule has 110 valence electrons. The van der Waals surface area contributed by atoms with Crippen LogP contribution in [0, 0.1) is 12.7 Å². The van der Waals surface area contributed by atoms with Crippen molar-refractivity contribution >= 4 is 11.6 Å². The molecular weight excluding hydrogens is 267 g/mol. The van der Waals surface area contributed by atoms with Crippen molar-refractivity contribution < 1.29 is 9.18 Å². The molecule has 0 radical (unpaired) electrons. The predicted molar refractivity (Wildman–Crippen MR) is 82.9 cm³/mol. The molecule has 1 amide bonds. The predicted octanol–water partition coefficient (Wildman–Crippen LogP) is 3.45. The van der Waals surface area contributed by atoms with Crippen LogP contribution >= 0.6 is 0 Å². The normalized spacial score (nSPS) is 10.7. The number of nitrogens with one attached hydrogen (secondary N) is 1. The lowest BCUT2D eigenvalue weighted by Gasteiger charge is -2.12. The molecule has 0 saturated heterocycles. The van der Waals surface area contributed by atoms with Gasteiger partial charge in [0.05, 0.1) is 5.56 Å². The van der Waals surface area contributed by atoms with Gasteiger partial charge in [0.2, 0.25) is 0 Å². The maximum Gasteiger partial charge on any atom is 0.258 e. The number of carbonyl (C=O) groups is 1. The molecule has 0 spiro atoms. The molecule has 0 bridgehead atoms. The summed E-state index contributed by atoms with van der Waals surface area (Å²) < 4.78 is 13.8. The summed E-state index contributed by atoms with van der Waals surface area (Å²) in [5, 5.41) is 2.73. The van der Waals surface area contributed by atoms with Crippen molar-refractivity contribution in [2.24, 2.45) is 0 Å². The standard InChI is InChI=1S/C17H19FN2O/c1-12-7-8-15(16(18)9-12)17(21)19-14-6-4-5-13(10-14)11-20(2)3/h4-10H,11H2,1-3H3,(H,19,21). The lowest BCUT2D eigenvalue weighted by Crippen LogP contribution is -2.15. The average Bonchev–Trinajstić information content (AvgIpc) is 2.37. The molecule has 0 saturated carbocycles. The van der Waals surface area contributed by atoms with Gasteiger partial charge in [-0.05, 0) is 56.4 Å². The van der Waals surface area contributed by atoms with Gasteiger partial charge in [0.25, 0.3) is 5.91 Å². The van der Waals surface area contributed by atoms with Crippen LogP contribution in [0.4, 0.5) is 10.1 Å². The highest BCUT2D eigenvalue weighted by Crippen LogP contribution is 2.15. The molecule has 3 nitrogen and oxygen atoms in total. The molecule has 0 aliphatic heterocycles. The summed E-state index contributed by atoms with van der Waals surface area (Å²) in [6.45, 7) is 2.57. The molecule has 0 aliphatic rings. The highest BCUT2D eigenvalue weighted by atomic mass is 19.1. The van der Waals surface area contributed by atoms with E-state index in [2.05, 4.69) is 5.32 Å². The minimum atomic E-state index is -0.503. The van der Waals surface area contributed by atoms with Crippen LogP contribution in [0.25, 0.3) is 0 Å². The third kappa shape index (κ3) is 4.13. The van der Waals surface area contributed by atoms with Gasteiger partial charge in [-0.1, -0.05) is 18.2 Å². The molecule has 2 aromatic carbocycles. The van der Waals surface area contributed by atoms with E-state index in [1.807, 2.05) is 37.2 Å². The Morgan fingerprint density at radius 2 is 1.95 bits per heavy atom. The molecule has 21 heavy (non-hydrogen) atoms. The zero-order valence-electron chi connectivity index (χ0n) is 12.5. The van der Waals surface area contributed by atoms with Crippen LogP contribution in [0.1, 0.15) is 21.5 Å². The van der Waals surface area contributed by atoms with E-state index in [1.165, 1.54) is 12.1 Å². The highest BCUT2D eigenvalue weighted by Gasteiger charge is 2.12. The SMILES string of the molecule is Cc1ccc(C(=O)Nc2cccc(CN(C)C)c2)c(F)c1. The van der Waals surface area contributed by atoms with E-state index < -0.39 is 11.7 Å². The van der Waals surface area contributed by atoms with Crippen molar-refractivity contribution in [3.63, 3.8) is 0 Å². The van der Waals surface area contributed by atoms with Crippen LogP contribution in [-0.4, -0.2) is 24.9 Å². The Bertz CT molecular complexity index is 653. The second-order valence-electron chi connectivity index (χ2n) is 5.38. The Morgan fingerprint density at radius 1 is 1.19 bits per heavy atom. The molecular formula is C17H19FN2O. The van der Waals surface area contributed by atoms with E-state index in [9.17, 15) is 9.18 Å². The number of anilines is 1. The number of rotatable bonds is 4. The summed E-state index contributed by atoms with van der Waals surface area (Å²) >= 11 is 0. The van der Waals surface area contributed by atoms with Crippen molar-refractivity contribution in [2.45, 2.75) is 13.5 Å². The molecule has 2 rings (SSSR count). The van der Waals surface area contributed by atoms with Gasteiger partial charge < -0.3 is 10.2 Å². The fraction of sp³-hybridized carbons (Fsp3) is 0.235. The minimum absolute atomic E-state index is 0.0543. The maximum atomic E-state index is 13.8. The lowest BCUT2D eigenvalue weighted by molar-refractivity contribution is 0.102. The van der Waals surface area contributed by atoms with Crippen LogP contribution in [0.2, 0.25) is 0 Å². The summed E-state index contributed by atoms with van der Waals surface area (Å²) in [5.41, 5.74) is 2.59. The van der Waals surface area contributed by atoms with Gasteiger partial charge in [-0.2, -0.15) is 0 Å². The number of hydrogen-bond donors (Lipinski definition) is 1. The van der Waals surface area contributed by atoms with E-state index in [0.717, 1.165) is 17.7 Å². The van der Waals surface area contributed by atoms with Crippen LogP contribution < -0.4 is 5.32 Å². The van der Waals surface area contributed by atoms with Crippen LogP contribution in [0.5, 0.6) is 0 Å². The molecule has 0 unspecified atom stereocenters. The summed E-state index contributed by atoms with van der Waals surface area (Å²) in [4.78, 5) is 14.2. The molecule has 0 fully saturated rings. The number of amides is 1. The first-order chi connectivity index (χ1) is 9.95. The number of halogens is 1. The van der Waals surface area contributed by atoms with E-state index in [1.54, 1.807) is 19.1 Å². The van der Waals surface area contributed by atoms with Crippen LogP contribution in [0.3, 0.4) is 0 Å². The van der Waals surface area contributed by atoms with Gasteiger partial charge in [-0.3, -0.25) is 4.79 Å². The first-order valence-corrected chi connectivity index (χ1v) is 6.77. The van der Waals surface area contributed by atoms with Crippen molar-refractivity contribution in [3.8, 4) is 0 Å². The van der Waals surface area contributed by atoms with E-state index in [-0.39, 0.29) is 5.56 Å². The van der Waals surface area contributed by atoms with Gasteiger partial charge in [0.15, 0.2) is 0 Å². The largest absolute Gasteiger partial charge is 0.322 e. The Labute approximate surface area is 124 Å². The average molecular weight is 286 g/mol. The van der Waals surface area contributed by atoms with Crippen molar-refractivity contribution in [2.75, 3.05) is 19.4 Å². The number of nitrogens with zero attached hydrogens (tertiary/aromatic N) is 1. The summed E-state index contributed by atoms with van der Waals surface area (Å²) in [6.07, 6.45) is 0. The second-order valence-corrected chi connectivity index (χ2v) is 5.38. The molecule has 4 heteroatoms. The van der Waals surface area contributed by atoms with Crippen LogP contribution in [0.15, 0.2) is 42.5 Å². The second kappa shape index (κ2) is 6.50. The summed E-state index contributed by atoms with van der Waals surface area (Å²) in [5.74, 6) is -0.938. The first kappa shape index (κ1) is 15.2. The van der Waals surface area contributed by atoms with Crippen molar-refractivity contribution in [1.29, 1.82) is 0 Å². The Kier molecular flexibility index (Phi) is 4.70. The van der Waals surface area contributed by atoms with Crippen LogP contribution in [-0.2, 0) is 6.54 Å². The zero-order valence-corrected chi connectivity index (χ0v) is 12.5. The zero-order chi connectivity index (χ0) is 15.4. The number of carbonyl (C=O) groups excluding carboxylic acids is 1. The minimum Gasteiger partial charge on any atom is -0.322 e. The summed E-state index contributed by atoms with van der Waals surface area (Å²) in [7, 11) is 3.96. The molecule has 0 aliphatic carbocycles. The monoisotopic (exact) mass is 286 g/mol. The smallest absolute Gasteiger partial charge is 0.258 e. The van der Waals surface area contributed by atoms with Gasteiger partial charge in [0, 0.05) is 12.2 Å². The topological polar surface area (TPSA) is 32.3 Å². The quantitative estimate of drug-likeness (QED) is 0.933. The van der Waals surface area contributed by atoms with Gasteiger partial charge in [-0.15, -0.1) is 0 Å². The Hall–Kier alpha value is -2.20. The van der Waals surface area contributed by atoms with Gasteiger partial charge in [0.1, 0.15) is 5.82 Å². The Balaban J connectivity index is 2.15. The molecule has 0 atom stereocenters. The first-order valence-electron chi connectivity index (χ1n) is 6.77. The van der Waals surface area contributed by atoms with Gasteiger partial charge in [-0.25, -0.2) is 4.39 Å². The van der Waals surface area contributed by atoms with Crippen molar-refractivity contribution in [1.82, 2.24) is 4.90 Å². The molecule has 0 heterocycles. The van der Waals surface area contributed by atoms with E-state index >= 15 is 0 Å². The summed E-state index contributed by atoms with van der Waals surface area (Å²) in [6, 6.07) is 12.1. The van der Waals surface area contributed by atoms with E-state index in [0.29, 0.717) is 5.69 Å². The molecule has 1 N–H and O–H groups in total. The number of aryl methyl sites for hydroxylation is 1. The van der Waals surface area contributed by atoms with Crippen molar-refractivity contribution in [3.05, 3.63) is 65.0 Å². The van der Waals surface area contributed by atoms with E-state index in [4.69, 9.17) is 0 Å². The highest BCUT2D eigenvalue weighted by molar-refractivity contribution is 6.04. The molecule has 2 aromatic rings.